The van der Waals surface area contributed by atoms with E-state index in [4.69, 9.17) is 12.2 Å². The van der Waals surface area contributed by atoms with Crippen molar-refractivity contribution < 1.29 is 4.39 Å². The van der Waals surface area contributed by atoms with E-state index in [1.54, 1.807) is 12.1 Å². The Labute approximate surface area is 139 Å². The average molecular weight is 328 g/mol. The van der Waals surface area contributed by atoms with Crippen LogP contribution < -0.4 is 0 Å². The van der Waals surface area contributed by atoms with E-state index in [1.165, 1.54) is 12.1 Å². The van der Waals surface area contributed by atoms with Crippen molar-refractivity contribution in [1.82, 2.24) is 19.7 Å². The lowest BCUT2D eigenvalue weighted by molar-refractivity contribution is 0.244. The molecule has 1 heterocycles. The number of nitrogens with one attached hydrogen (secondary N) is 1. The van der Waals surface area contributed by atoms with E-state index in [-0.39, 0.29) is 5.82 Å². The molecule has 1 aromatic heterocycles. The second-order valence-corrected chi connectivity index (χ2v) is 5.80. The quantitative estimate of drug-likeness (QED) is 0.723. The number of halogens is 1. The molecule has 23 heavy (non-hydrogen) atoms. The Morgan fingerprint density at radius 3 is 2.52 bits per heavy atom. The third-order valence-electron chi connectivity index (χ3n) is 3.48. The lowest BCUT2D eigenvalue weighted by Crippen LogP contribution is -2.22. The molecular weight excluding hydrogens is 311 g/mol. The van der Waals surface area contributed by atoms with Gasteiger partial charge in [0.25, 0.3) is 0 Å². The van der Waals surface area contributed by atoms with Crippen LogP contribution in [-0.4, -0.2) is 26.7 Å². The van der Waals surface area contributed by atoms with Crippen molar-refractivity contribution in [3.8, 4) is 11.4 Å². The molecule has 1 N–H and O–H groups in total. The molecule has 3 rings (SSSR count). The molecule has 118 valence electrons. The van der Waals surface area contributed by atoms with Crippen LogP contribution in [0.2, 0.25) is 0 Å². The minimum atomic E-state index is -0.223. The Balaban J connectivity index is 1.71. The van der Waals surface area contributed by atoms with E-state index in [0.29, 0.717) is 18.0 Å². The maximum absolute atomic E-state index is 12.9. The summed E-state index contributed by atoms with van der Waals surface area (Å²) >= 11 is 5.32. The van der Waals surface area contributed by atoms with Gasteiger partial charge >= 0.3 is 0 Å². The highest BCUT2D eigenvalue weighted by atomic mass is 32.1. The standard InChI is InChI=1S/C17H17FN4S/c1-21(11-13-7-9-15(18)10-8-13)12-22-17(23)19-16(20-22)14-5-3-2-4-6-14/h2-10H,11-12H2,1H3,(H,19,20,23). The lowest BCUT2D eigenvalue weighted by atomic mass is 10.2. The normalized spacial score (nSPS) is 11.1. The number of H-pyrrole nitrogens is 1. The Bertz CT molecular complexity index is 824. The van der Waals surface area contributed by atoms with Gasteiger partial charge in [-0.15, -0.1) is 0 Å². The molecule has 0 amide bonds. The second-order valence-electron chi connectivity index (χ2n) is 5.43. The summed E-state index contributed by atoms with van der Waals surface area (Å²) in [6, 6.07) is 16.4. The number of nitrogens with zero attached hydrogens (tertiary/aromatic N) is 3. The first-order chi connectivity index (χ1) is 11.1. The van der Waals surface area contributed by atoms with E-state index < -0.39 is 0 Å². The van der Waals surface area contributed by atoms with Gasteiger partial charge < -0.3 is 0 Å². The molecule has 0 aliphatic carbocycles. The minimum absolute atomic E-state index is 0.223. The highest BCUT2D eigenvalue weighted by Crippen LogP contribution is 2.14. The third kappa shape index (κ3) is 3.91. The minimum Gasteiger partial charge on any atom is -0.283 e. The SMILES string of the molecule is CN(Cc1ccc(F)cc1)Cn1[nH]c(-c2ccccc2)nc1=S. The number of hydrogen-bond donors (Lipinski definition) is 1. The number of benzene rings is 2. The summed E-state index contributed by atoms with van der Waals surface area (Å²) in [7, 11) is 1.98. The molecule has 0 unspecified atom stereocenters. The topological polar surface area (TPSA) is 36.9 Å². The van der Waals surface area contributed by atoms with Crippen molar-refractivity contribution in [3.63, 3.8) is 0 Å². The molecule has 0 atom stereocenters. The molecular formula is C17H17FN4S. The van der Waals surface area contributed by atoms with Crippen LogP contribution in [0.15, 0.2) is 54.6 Å². The van der Waals surface area contributed by atoms with Crippen LogP contribution in [0, 0.1) is 10.6 Å². The largest absolute Gasteiger partial charge is 0.283 e. The van der Waals surface area contributed by atoms with Gasteiger partial charge in [-0.1, -0.05) is 42.5 Å². The summed E-state index contributed by atoms with van der Waals surface area (Å²) in [5.41, 5.74) is 2.04. The molecule has 0 radical (unpaired) electrons. The summed E-state index contributed by atoms with van der Waals surface area (Å²) in [6.07, 6.45) is 0. The second kappa shape index (κ2) is 6.85. The van der Waals surface area contributed by atoms with E-state index in [2.05, 4.69) is 15.0 Å². The van der Waals surface area contributed by atoms with Gasteiger partial charge in [-0.25, -0.2) is 9.07 Å². The first-order valence-corrected chi connectivity index (χ1v) is 7.68. The monoisotopic (exact) mass is 328 g/mol. The molecule has 0 spiro atoms. The fraction of sp³-hybridized carbons (Fsp3) is 0.176. The third-order valence-corrected chi connectivity index (χ3v) is 3.79. The molecule has 0 saturated carbocycles. The van der Waals surface area contributed by atoms with Crippen molar-refractivity contribution in [1.29, 1.82) is 0 Å². The van der Waals surface area contributed by atoms with Gasteiger partial charge in [0.05, 0.1) is 6.67 Å². The highest BCUT2D eigenvalue weighted by Gasteiger charge is 2.07. The number of rotatable bonds is 5. The van der Waals surface area contributed by atoms with E-state index in [0.717, 1.165) is 17.0 Å². The van der Waals surface area contributed by atoms with Crippen molar-refractivity contribution >= 4 is 12.2 Å². The van der Waals surface area contributed by atoms with E-state index >= 15 is 0 Å². The predicted molar refractivity (Wildman–Crippen MR) is 90.7 cm³/mol. The predicted octanol–water partition coefficient (Wildman–Crippen LogP) is 3.84. The first-order valence-electron chi connectivity index (χ1n) is 7.27. The maximum Gasteiger partial charge on any atom is 0.217 e. The highest BCUT2D eigenvalue weighted by molar-refractivity contribution is 7.71. The summed E-state index contributed by atoms with van der Waals surface area (Å²) in [4.78, 5) is 6.48. The maximum atomic E-state index is 12.9. The van der Waals surface area contributed by atoms with Crippen LogP contribution in [0.25, 0.3) is 11.4 Å². The van der Waals surface area contributed by atoms with Crippen LogP contribution in [0.3, 0.4) is 0 Å². The van der Waals surface area contributed by atoms with Crippen LogP contribution in [-0.2, 0) is 13.2 Å². The molecule has 6 heteroatoms. The van der Waals surface area contributed by atoms with Crippen LogP contribution in [0.4, 0.5) is 4.39 Å². The average Bonchev–Trinajstić information content (AvgIpc) is 2.91. The number of hydrogen-bond acceptors (Lipinski definition) is 3. The van der Waals surface area contributed by atoms with Gasteiger partial charge in [0.15, 0.2) is 5.82 Å². The van der Waals surface area contributed by atoms with Gasteiger partial charge in [-0.2, -0.15) is 4.98 Å². The number of aromatic nitrogens is 3. The van der Waals surface area contributed by atoms with E-state index in [1.807, 2.05) is 42.1 Å². The van der Waals surface area contributed by atoms with Crippen molar-refractivity contribution in [3.05, 3.63) is 70.7 Å². The first kappa shape index (κ1) is 15.6. The zero-order chi connectivity index (χ0) is 16.2. The van der Waals surface area contributed by atoms with Crippen molar-refractivity contribution in [2.24, 2.45) is 0 Å². The van der Waals surface area contributed by atoms with Gasteiger partial charge in [0.2, 0.25) is 4.77 Å². The summed E-state index contributed by atoms with van der Waals surface area (Å²) in [6.45, 7) is 1.28. The summed E-state index contributed by atoms with van der Waals surface area (Å²) in [5.74, 6) is 0.533. The molecule has 2 aromatic carbocycles. The molecule has 0 aliphatic rings. The molecule has 4 nitrogen and oxygen atoms in total. The number of aromatic amines is 1. The fourth-order valence-corrected chi connectivity index (χ4v) is 2.57. The smallest absolute Gasteiger partial charge is 0.217 e. The van der Waals surface area contributed by atoms with Gasteiger partial charge in [-0.3, -0.25) is 10.00 Å². The molecule has 0 aliphatic heterocycles. The van der Waals surface area contributed by atoms with Gasteiger partial charge in [0.1, 0.15) is 5.82 Å². The van der Waals surface area contributed by atoms with Gasteiger partial charge in [-0.05, 0) is 37.0 Å². The molecule has 0 fully saturated rings. The van der Waals surface area contributed by atoms with E-state index in [9.17, 15) is 4.39 Å². The van der Waals surface area contributed by atoms with Crippen LogP contribution in [0.1, 0.15) is 5.56 Å². The summed E-state index contributed by atoms with van der Waals surface area (Å²) < 4.78 is 15.3. The lowest BCUT2D eigenvalue weighted by Gasteiger charge is -2.16. The van der Waals surface area contributed by atoms with Crippen molar-refractivity contribution in [2.45, 2.75) is 13.2 Å². The Kier molecular flexibility index (Phi) is 4.64. The fourth-order valence-electron chi connectivity index (χ4n) is 2.37. The molecule has 3 aromatic rings. The Hall–Kier alpha value is -2.31. The Morgan fingerprint density at radius 2 is 1.83 bits per heavy atom. The zero-order valence-corrected chi connectivity index (χ0v) is 13.6. The zero-order valence-electron chi connectivity index (χ0n) is 12.7. The molecule has 0 saturated heterocycles. The van der Waals surface area contributed by atoms with Gasteiger partial charge in [0, 0.05) is 12.1 Å². The summed E-state index contributed by atoms with van der Waals surface area (Å²) in [5, 5.41) is 3.22. The molecule has 0 bridgehead atoms. The van der Waals surface area contributed by atoms with Crippen molar-refractivity contribution in [2.75, 3.05) is 7.05 Å². The van der Waals surface area contributed by atoms with Crippen LogP contribution in [0.5, 0.6) is 0 Å². The van der Waals surface area contributed by atoms with Crippen LogP contribution >= 0.6 is 12.2 Å². The Morgan fingerprint density at radius 1 is 1.13 bits per heavy atom.